The van der Waals surface area contributed by atoms with Gasteiger partial charge in [-0.2, -0.15) is 26.3 Å². The zero-order chi connectivity index (χ0) is 26.8. The lowest BCUT2D eigenvalue weighted by Crippen LogP contribution is -2.52. The summed E-state index contributed by atoms with van der Waals surface area (Å²) < 4.78 is 98.6. The molecular formula is C25H28F6O5. The maximum Gasteiger partial charge on any atom is 0.432 e. The summed E-state index contributed by atoms with van der Waals surface area (Å²) in [6, 6.07) is 12.8. The molecule has 0 unspecified atom stereocenters. The summed E-state index contributed by atoms with van der Waals surface area (Å²) in [5.41, 5.74) is -3.62. The molecule has 2 atom stereocenters. The molecule has 0 aliphatic heterocycles. The van der Waals surface area contributed by atoms with E-state index < -0.39 is 30.3 Å². The molecule has 2 aromatic rings. The molecule has 0 amide bonds. The molecule has 0 heterocycles. The SMILES string of the molecule is CO[C@](C(=O)OC[C@@H](C)CCOc1ccc(OCCCC(F)(F)F)cc1)(c1ccccc1)C(F)(F)F. The first-order chi connectivity index (χ1) is 16.9. The average Bonchev–Trinajstić information content (AvgIpc) is 2.81. The topological polar surface area (TPSA) is 54.0 Å². The molecular weight excluding hydrogens is 494 g/mol. The van der Waals surface area contributed by atoms with Crippen molar-refractivity contribution in [3.63, 3.8) is 0 Å². The lowest BCUT2D eigenvalue weighted by Gasteiger charge is -2.32. The smallest absolute Gasteiger partial charge is 0.432 e. The molecule has 200 valence electrons. The van der Waals surface area contributed by atoms with Crippen LogP contribution in [0.4, 0.5) is 26.3 Å². The van der Waals surface area contributed by atoms with Gasteiger partial charge in [-0.05, 0) is 43.0 Å². The second-order valence-corrected chi connectivity index (χ2v) is 8.13. The van der Waals surface area contributed by atoms with Crippen molar-refractivity contribution in [3.05, 3.63) is 60.2 Å². The van der Waals surface area contributed by atoms with Crippen molar-refractivity contribution in [3.8, 4) is 11.5 Å². The number of carbonyl (C=O) groups excluding carboxylic acids is 1. The molecule has 0 radical (unpaired) electrons. The second-order valence-electron chi connectivity index (χ2n) is 8.13. The first-order valence-corrected chi connectivity index (χ1v) is 11.2. The first kappa shape index (κ1) is 29.3. The number of carbonyl (C=O) groups is 1. The first-order valence-electron chi connectivity index (χ1n) is 11.2. The Bertz CT molecular complexity index is 931. The number of rotatable bonds is 13. The maximum atomic E-state index is 13.9. The zero-order valence-corrected chi connectivity index (χ0v) is 19.8. The van der Waals surface area contributed by atoms with Gasteiger partial charge >= 0.3 is 18.3 Å². The summed E-state index contributed by atoms with van der Waals surface area (Å²) in [5, 5.41) is 0. The number of hydrogen-bond donors (Lipinski definition) is 0. The van der Waals surface area contributed by atoms with Crippen LogP contribution in [-0.2, 0) is 19.9 Å². The van der Waals surface area contributed by atoms with Crippen molar-refractivity contribution < 1.29 is 50.1 Å². The van der Waals surface area contributed by atoms with Crippen LogP contribution in [0.1, 0.15) is 31.7 Å². The fourth-order valence-corrected chi connectivity index (χ4v) is 3.26. The van der Waals surface area contributed by atoms with E-state index in [1.54, 1.807) is 31.2 Å². The van der Waals surface area contributed by atoms with Gasteiger partial charge < -0.3 is 18.9 Å². The number of ether oxygens (including phenoxy) is 4. The van der Waals surface area contributed by atoms with Crippen molar-refractivity contribution in [1.82, 2.24) is 0 Å². The molecule has 2 aromatic carbocycles. The standard InChI is InChI=1S/C25H28F6O5/c1-18(13-16-35-21-11-9-20(10-12-21)34-15-6-14-23(26,27)28)17-36-22(32)24(33-2,25(29,30)31)19-7-4-3-5-8-19/h3-5,7-12,18H,6,13-17H2,1-2H3/t18-,24-/m0/s1. The molecule has 0 fully saturated rings. The van der Waals surface area contributed by atoms with E-state index in [0.29, 0.717) is 17.9 Å². The van der Waals surface area contributed by atoms with E-state index >= 15 is 0 Å². The number of halogens is 6. The van der Waals surface area contributed by atoms with Gasteiger partial charge in [0, 0.05) is 19.1 Å². The van der Waals surface area contributed by atoms with Crippen molar-refractivity contribution in [1.29, 1.82) is 0 Å². The van der Waals surface area contributed by atoms with Crippen molar-refractivity contribution in [2.24, 2.45) is 5.92 Å². The highest BCUT2D eigenvalue weighted by Gasteiger charge is 2.64. The van der Waals surface area contributed by atoms with E-state index in [2.05, 4.69) is 0 Å². The molecule has 0 spiro atoms. The molecule has 0 N–H and O–H groups in total. The summed E-state index contributed by atoms with van der Waals surface area (Å²) in [7, 11) is 0.803. The Morgan fingerprint density at radius 2 is 1.42 bits per heavy atom. The highest BCUT2D eigenvalue weighted by atomic mass is 19.4. The van der Waals surface area contributed by atoms with E-state index in [4.69, 9.17) is 18.9 Å². The molecule has 36 heavy (non-hydrogen) atoms. The molecule has 0 aromatic heterocycles. The Labute approximate surface area is 205 Å². The number of hydrogen-bond acceptors (Lipinski definition) is 5. The highest BCUT2D eigenvalue weighted by molar-refractivity contribution is 5.82. The van der Waals surface area contributed by atoms with Crippen LogP contribution < -0.4 is 9.47 Å². The van der Waals surface area contributed by atoms with Crippen LogP contribution in [0.15, 0.2) is 54.6 Å². The number of methoxy groups -OCH3 is 1. The van der Waals surface area contributed by atoms with Gasteiger partial charge in [0.1, 0.15) is 11.5 Å². The van der Waals surface area contributed by atoms with E-state index in [0.717, 1.165) is 19.2 Å². The molecule has 5 nitrogen and oxygen atoms in total. The summed E-state index contributed by atoms with van der Waals surface area (Å²) >= 11 is 0. The van der Waals surface area contributed by atoms with E-state index in [1.807, 2.05) is 0 Å². The summed E-state index contributed by atoms with van der Waals surface area (Å²) in [5.74, 6) is -0.998. The minimum absolute atomic E-state index is 0.0705. The van der Waals surface area contributed by atoms with Crippen LogP contribution in [0, 0.1) is 5.92 Å². The Morgan fingerprint density at radius 1 is 0.861 bits per heavy atom. The van der Waals surface area contributed by atoms with E-state index in [-0.39, 0.29) is 37.7 Å². The van der Waals surface area contributed by atoms with Crippen molar-refractivity contribution >= 4 is 5.97 Å². The van der Waals surface area contributed by atoms with Gasteiger partial charge in [-0.3, -0.25) is 0 Å². The van der Waals surface area contributed by atoms with Gasteiger partial charge in [0.25, 0.3) is 5.60 Å². The summed E-state index contributed by atoms with van der Waals surface area (Å²) in [6.07, 6.45) is -9.95. The van der Waals surface area contributed by atoms with Gasteiger partial charge in [0.2, 0.25) is 0 Å². The predicted molar refractivity (Wildman–Crippen MR) is 119 cm³/mol. The zero-order valence-electron chi connectivity index (χ0n) is 19.8. The fraction of sp³-hybridized carbons (Fsp3) is 0.480. The molecule has 0 saturated heterocycles. The van der Waals surface area contributed by atoms with Crippen LogP contribution >= 0.6 is 0 Å². The number of esters is 1. The predicted octanol–water partition coefficient (Wildman–Crippen LogP) is 6.46. The molecule has 0 saturated carbocycles. The van der Waals surface area contributed by atoms with Gasteiger partial charge in [-0.1, -0.05) is 37.3 Å². The Kier molecular flexibility index (Phi) is 10.4. The minimum atomic E-state index is -5.04. The second kappa shape index (κ2) is 12.8. The quantitative estimate of drug-likeness (QED) is 0.172. The lowest BCUT2D eigenvalue weighted by atomic mass is 9.92. The maximum absolute atomic E-state index is 13.9. The monoisotopic (exact) mass is 522 g/mol. The van der Waals surface area contributed by atoms with Crippen LogP contribution in [0.3, 0.4) is 0 Å². The van der Waals surface area contributed by atoms with Gasteiger partial charge in [-0.15, -0.1) is 0 Å². The third-order valence-corrected chi connectivity index (χ3v) is 5.25. The summed E-state index contributed by atoms with van der Waals surface area (Å²) in [6.45, 7) is 1.54. The highest BCUT2D eigenvalue weighted by Crippen LogP contribution is 2.43. The molecule has 0 aliphatic rings. The van der Waals surface area contributed by atoms with Crippen LogP contribution in [0.2, 0.25) is 0 Å². The Hall–Kier alpha value is -2.95. The lowest BCUT2D eigenvalue weighted by molar-refractivity contribution is -0.276. The van der Waals surface area contributed by atoms with Crippen molar-refractivity contribution in [2.75, 3.05) is 26.9 Å². The molecule has 0 bridgehead atoms. The average molecular weight is 522 g/mol. The van der Waals surface area contributed by atoms with Crippen LogP contribution in [0.25, 0.3) is 0 Å². The van der Waals surface area contributed by atoms with Crippen molar-refractivity contribution in [2.45, 2.75) is 44.1 Å². The molecule has 11 heteroatoms. The Morgan fingerprint density at radius 3 is 1.92 bits per heavy atom. The summed E-state index contributed by atoms with van der Waals surface area (Å²) in [4.78, 5) is 12.6. The fourth-order valence-electron chi connectivity index (χ4n) is 3.26. The number of alkyl halides is 6. The number of benzene rings is 2. The van der Waals surface area contributed by atoms with Crippen LogP contribution in [-0.4, -0.2) is 45.3 Å². The van der Waals surface area contributed by atoms with Gasteiger partial charge in [-0.25, -0.2) is 4.79 Å². The minimum Gasteiger partial charge on any atom is -0.494 e. The largest absolute Gasteiger partial charge is 0.494 e. The third-order valence-electron chi connectivity index (χ3n) is 5.25. The van der Waals surface area contributed by atoms with Gasteiger partial charge in [0.05, 0.1) is 19.8 Å². The molecule has 2 rings (SSSR count). The third kappa shape index (κ3) is 8.32. The van der Waals surface area contributed by atoms with E-state index in [1.165, 1.54) is 18.2 Å². The van der Waals surface area contributed by atoms with Crippen LogP contribution in [0.5, 0.6) is 11.5 Å². The van der Waals surface area contributed by atoms with E-state index in [9.17, 15) is 31.1 Å². The normalized spacial score (nSPS) is 14.6. The molecule has 0 aliphatic carbocycles. The Balaban J connectivity index is 1.81. The van der Waals surface area contributed by atoms with Gasteiger partial charge in [0.15, 0.2) is 0 Å².